The molecule has 0 aromatic heterocycles. The van der Waals surface area contributed by atoms with Gasteiger partial charge in [-0.15, -0.1) is 0 Å². The van der Waals surface area contributed by atoms with E-state index in [2.05, 4.69) is 40.0 Å². The third-order valence-electron chi connectivity index (χ3n) is 3.05. The molecular formula is C15H17F7O5S. The van der Waals surface area contributed by atoms with Gasteiger partial charge in [-0.05, 0) is 19.8 Å². The van der Waals surface area contributed by atoms with Crippen LogP contribution >= 0.6 is 12.6 Å². The van der Waals surface area contributed by atoms with E-state index in [1.54, 1.807) is 0 Å². The zero-order valence-electron chi connectivity index (χ0n) is 14.5. The van der Waals surface area contributed by atoms with Crippen LogP contribution in [0.5, 0.6) is 0 Å². The van der Waals surface area contributed by atoms with Crippen LogP contribution in [0.1, 0.15) is 26.2 Å². The number of carbonyl (C=O) groups excluding carboxylic acids is 2. The summed E-state index contributed by atoms with van der Waals surface area (Å²) in [5, 5.41) is -4.63. The van der Waals surface area contributed by atoms with Gasteiger partial charge in [-0.25, -0.2) is 9.59 Å². The summed E-state index contributed by atoms with van der Waals surface area (Å²) in [5.74, 6) is -12.6. The van der Waals surface area contributed by atoms with Gasteiger partial charge >= 0.3 is 35.1 Å². The Labute approximate surface area is 160 Å². The first-order valence-electron chi connectivity index (χ1n) is 7.41. The number of esters is 2. The summed E-state index contributed by atoms with van der Waals surface area (Å²) in [6.07, 6.45) is -8.09. The van der Waals surface area contributed by atoms with Crippen LogP contribution in [0.25, 0.3) is 0 Å². The minimum absolute atomic E-state index is 0.316. The Hall–Kier alpha value is -1.76. The molecular weight excluding hydrogens is 425 g/mol. The first-order chi connectivity index (χ1) is 12.5. The molecule has 0 fully saturated rings. The number of halogens is 7. The van der Waals surface area contributed by atoms with Crippen LogP contribution in [-0.2, 0) is 23.8 Å². The standard InChI is InChI=1S/C15H17F7O5S/c1-4-25-11(24)13(14(18,19)20,27-10(23)9(2)3)26-8-6-5-7-12(16,17)15(21,22)28/h4,28H,1-2,5-8H2,3H3. The molecule has 0 rings (SSSR count). The van der Waals surface area contributed by atoms with Gasteiger partial charge in [-0.2, -0.15) is 30.7 Å². The molecule has 0 aliphatic carbocycles. The Morgan fingerprint density at radius 3 is 2.00 bits per heavy atom. The number of rotatable bonds is 11. The van der Waals surface area contributed by atoms with E-state index in [1.807, 2.05) is 0 Å². The molecule has 0 bridgehead atoms. The number of carbonyl (C=O) groups is 2. The molecule has 0 spiro atoms. The Morgan fingerprint density at radius 2 is 1.61 bits per heavy atom. The van der Waals surface area contributed by atoms with Gasteiger partial charge in [-0.1, -0.05) is 25.8 Å². The maximum atomic E-state index is 13.4. The molecule has 5 nitrogen and oxygen atoms in total. The molecule has 0 N–H and O–H groups in total. The lowest BCUT2D eigenvalue weighted by Gasteiger charge is -2.31. The number of unbranched alkanes of at least 4 members (excludes halogenated alkanes) is 1. The van der Waals surface area contributed by atoms with Gasteiger partial charge < -0.3 is 14.2 Å². The smallest absolute Gasteiger partial charge is 0.430 e. The number of thiol groups is 1. The highest BCUT2D eigenvalue weighted by atomic mass is 32.1. The quantitative estimate of drug-likeness (QED) is 0.0978. The van der Waals surface area contributed by atoms with E-state index in [1.165, 1.54) is 0 Å². The fourth-order valence-electron chi connectivity index (χ4n) is 1.57. The van der Waals surface area contributed by atoms with Crippen molar-refractivity contribution >= 4 is 24.6 Å². The number of hydrogen-bond donors (Lipinski definition) is 1. The number of ether oxygens (including phenoxy) is 3. The van der Waals surface area contributed by atoms with Gasteiger partial charge in [-0.3, -0.25) is 0 Å². The second-order valence-electron chi connectivity index (χ2n) is 5.41. The molecule has 28 heavy (non-hydrogen) atoms. The maximum absolute atomic E-state index is 13.4. The van der Waals surface area contributed by atoms with Gasteiger partial charge in [0, 0.05) is 12.0 Å². The Kier molecular flexibility index (Phi) is 9.03. The summed E-state index contributed by atoms with van der Waals surface area (Å²) in [6.45, 7) is 5.86. The van der Waals surface area contributed by atoms with Gasteiger partial charge in [0.1, 0.15) is 0 Å². The molecule has 1 unspecified atom stereocenters. The third kappa shape index (κ3) is 6.69. The van der Waals surface area contributed by atoms with Crippen molar-refractivity contribution in [2.75, 3.05) is 6.61 Å². The Bertz CT molecular complexity index is 601. The van der Waals surface area contributed by atoms with Crippen LogP contribution < -0.4 is 0 Å². The van der Waals surface area contributed by atoms with Crippen molar-refractivity contribution in [1.82, 2.24) is 0 Å². The molecule has 0 heterocycles. The van der Waals surface area contributed by atoms with E-state index < -0.39 is 66.5 Å². The summed E-state index contributed by atoms with van der Waals surface area (Å²) in [6, 6.07) is 0. The zero-order valence-corrected chi connectivity index (χ0v) is 15.3. The van der Waals surface area contributed by atoms with Crippen molar-refractivity contribution in [3.63, 3.8) is 0 Å². The molecule has 0 aliphatic rings. The predicted octanol–water partition coefficient (Wildman–Crippen LogP) is 4.40. The van der Waals surface area contributed by atoms with Crippen LogP contribution in [0.4, 0.5) is 30.7 Å². The SMILES string of the molecule is C=COC(=O)C(OCCCCC(F)(F)C(F)(F)S)(OC(=O)C(=C)C)C(F)(F)F. The average Bonchev–Trinajstić information content (AvgIpc) is 2.50. The van der Waals surface area contributed by atoms with Crippen LogP contribution in [0.3, 0.4) is 0 Å². The predicted molar refractivity (Wildman–Crippen MR) is 84.7 cm³/mol. The van der Waals surface area contributed by atoms with Crippen molar-refractivity contribution in [3.8, 4) is 0 Å². The summed E-state index contributed by atoms with van der Waals surface area (Å²) in [4.78, 5) is 23.3. The van der Waals surface area contributed by atoms with Crippen LogP contribution in [0, 0.1) is 0 Å². The molecule has 0 saturated carbocycles. The van der Waals surface area contributed by atoms with E-state index >= 15 is 0 Å². The normalized spacial score (nSPS) is 14.8. The van der Waals surface area contributed by atoms with Gasteiger partial charge in [0.05, 0.1) is 12.9 Å². The first kappa shape index (κ1) is 26.2. The number of hydrogen-bond acceptors (Lipinski definition) is 6. The zero-order chi connectivity index (χ0) is 22.4. The van der Waals surface area contributed by atoms with E-state index in [9.17, 15) is 40.3 Å². The van der Waals surface area contributed by atoms with Gasteiger partial charge in [0.2, 0.25) is 0 Å². The number of alkyl halides is 7. The lowest BCUT2D eigenvalue weighted by atomic mass is 10.1. The summed E-state index contributed by atoms with van der Waals surface area (Å²) < 4.78 is 104. The van der Waals surface area contributed by atoms with Gasteiger partial charge in [0.25, 0.3) is 0 Å². The van der Waals surface area contributed by atoms with E-state index in [0.29, 0.717) is 6.26 Å². The molecule has 0 aromatic carbocycles. The Balaban J connectivity index is 5.33. The highest BCUT2D eigenvalue weighted by Crippen LogP contribution is 2.41. The second-order valence-corrected chi connectivity index (χ2v) is 5.97. The van der Waals surface area contributed by atoms with E-state index in [0.717, 1.165) is 6.92 Å². The molecule has 0 saturated heterocycles. The average molecular weight is 442 g/mol. The Morgan fingerprint density at radius 1 is 1.07 bits per heavy atom. The summed E-state index contributed by atoms with van der Waals surface area (Å²) in [5.41, 5.74) is -0.515. The molecule has 0 aliphatic heterocycles. The maximum Gasteiger partial charge on any atom is 0.468 e. The highest BCUT2D eigenvalue weighted by molar-refractivity contribution is 7.81. The van der Waals surface area contributed by atoms with Gasteiger partial charge in [0.15, 0.2) is 0 Å². The third-order valence-corrected chi connectivity index (χ3v) is 3.37. The lowest BCUT2D eigenvalue weighted by molar-refractivity contribution is -0.353. The molecule has 162 valence electrons. The first-order valence-corrected chi connectivity index (χ1v) is 7.86. The molecule has 1 atom stereocenters. The molecule has 0 amide bonds. The van der Waals surface area contributed by atoms with Crippen LogP contribution in [0.2, 0.25) is 0 Å². The molecule has 0 radical (unpaired) electrons. The van der Waals surface area contributed by atoms with Crippen LogP contribution in [-0.4, -0.2) is 41.7 Å². The summed E-state index contributed by atoms with van der Waals surface area (Å²) in [7, 11) is 0. The van der Waals surface area contributed by atoms with Crippen LogP contribution in [0.15, 0.2) is 25.0 Å². The second kappa shape index (κ2) is 9.63. The monoisotopic (exact) mass is 442 g/mol. The van der Waals surface area contributed by atoms with Crippen molar-refractivity contribution in [1.29, 1.82) is 0 Å². The van der Waals surface area contributed by atoms with Crippen molar-refractivity contribution < 1.29 is 54.5 Å². The fraction of sp³-hybridized carbons (Fsp3) is 0.600. The van der Waals surface area contributed by atoms with E-state index in [4.69, 9.17) is 0 Å². The fourth-order valence-corrected chi connectivity index (χ4v) is 1.68. The highest BCUT2D eigenvalue weighted by Gasteiger charge is 2.67. The summed E-state index contributed by atoms with van der Waals surface area (Å²) >= 11 is 2.45. The largest absolute Gasteiger partial charge is 0.468 e. The minimum atomic E-state index is -5.64. The lowest BCUT2D eigenvalue weighted by Crippen LogP contribution is -2.58. The van der Waals surface area contributed by atoms with Crippen molar-refractivity contribution in [2.45, 2.75) is 49.3 Å². The molecule has 0 aromatic rings. The van der Waals surface area contributed by atoms with Crippen molar-refractivity contribution in [3.05, 3.63) is 25.0 Å². The van der Waals surface area contributed by atoms with E-state index in [-0.39, 0.29) is 0 Å². The molecule has 13 heteroatoms. The minimum Gasteiger partial charge on any atom is -0.430 e. The topological polar surface area (TPSA) is 61.8 Å². The van der Waals surface area contributed by atoms with Crippen molar-refractivity contribution in [2.24, 2.45) is 0 Å².